The van der Waals surface area contributed by atoms with Crippen molar-refractivity contribution in [3.05, 3.63) is 29.8 Å². The number of imide groups is 1. The molecule has 1 aromatic carbocycles. The molecular weight excluding hydrogens is 760 g/mol. The van der Waals surface area contributed by atoms with Crippen LogP contribution in [0.5, 0.6) is 0 Å². The predicted molar refractivity (Wildman–Crippen MR) is 178 cm³/mol. The number of quaternary nitrogens is 1. The van der Waals surface area contributed by atoms with Crippen molar-refractivity contribution in [1.82, 2.24) is 0 Å². The van der Waals surface area contributed by atoms with E-state index >= 15 is 0 Å². The van der Waals surface area contributed by atoms with E-state index < -0.39 is 80.4 Å². The first-order chi connectivity index (χ1) is 26.3. The Morgan fingerprint density at radius 3 is 2.30 bits per heavy atom. The minimum absolute atomic E-state index is 0.000782. The summed E-state index contributed by atoms with van der Waals surface area (Å²) < 4.78 is 65.2. The van der Waals surface area contributed by atoms with Crippen molar-refractivity contribution in [2.24, 2.45) is 40.4 Å². The zero-order chi connectivity index (χ0) is 40.9. The van der Waals surface area contributed by atoms with Crippen molar-refractivity contribution < 1.29 is 86.9 Å². The topological polar surface area (TPSA) is 255 Å². The molecule has 1 aromatic rings. The summed E-state index contributed by atoms with van der Waals surface area (Å²) in [4.78, 5) is 54.7. The molecule has 0 radical (unpaired) electrons. The number of likely N-dealkylation sites (tertiary alicyclic amines) is 1. The van der Waals surface area contributed by atoms with Gasteiger partial charge in [-0.3, -0.25) is 14.4 Å². The van der Waals surface area contributed by atoms with E-state index in [1.165, 1.54) is 6.92 Å². The molecule has 1 spiro atoms. The number of esters is 2. The maximum atomic E-state index is 14.1. The van der Waals surface area contributed by atoms with Gasteiger partial charge >= 0.3 is 11.9 Å². The Morgan fingerprint density at radius 2 is 1.73 bits per heavy atom. The van der Waals surface area contributed by atoms with Crippen LogP contribution in [0.1, 0.15) is 63.2 Å². The van der Waals surface area contributed by atoms with Crippen molar-refractivity contribution in [1.29, 1.82) is 0 Å². The second kappa shape index (κ2) is 14.2. The first kappa shape index (κ1) is 41.4. The largest absolute Gasteiger partial charge is 0.462 e. The second-order valence-electron chi connectivity index (χ2n) is 16.9. The highest BCUT2D eigenvalue weighted by atomic mass is 35.7. The number of hydrogen-bond donors (Lipinski definition) is 3. The standard InChI is InChI=1S/C38H50N2O11.ClHO4/c1-7-39-17-35(18-50-33(44)21-10-8-9-11-24(21)40-27(42)14-19(2)32(40)43)13-12-26(48-5)37-23-15-22-25(47-4)16-36(45,28(23)29(22)51-20(3)41)38(46,34(37)39)31(49-6)30(35)37;2-1(3,4)5/h8-11,19,22-23,25-26,28-31,34,45-46H,7,12-18H2,1-6H3;(H,2,3,4,5)/t19?,22-,23-,25+,26+,28-,29+,30-,31+,34-,35+,36-,37?,38+;/m1./s1. The number of piperidine rings is 1. The number of nitrogens with one attached hydrogen (secondary N) is 1. The molecular formula is C38H51ClN2O15. The molecule has 17 nitrogen and oxygen atoms in total. The van der Waals surface area contributed by atoms with Crippen LogP contribution in [0.3, 0.4) is 0 Å². The van der Waals surface area contributed by atoms with Gasteiger partial charge in [-0.25, -0.2) is 28.3 Å². The minimum atomic E-state index is -4.94. The van der Waals surface area contributed by atoms with Crippen molar-refractivity contribution in [3.8, 4) is 0 Å². The maximum absolute atomic E-state index is 14.1. The molecule has 5 saturated carbocycles. The maximum Gasteiger partial charge on any atom is 0.340 e. The van der Waals surface area contributed by atoms with E-state index in [1.807, 2.05) is 0 Å². The average Bonchev–Trinajstić information content (AvgIpc) is 3.64. The van der Waals surface area contributed by atoms with Crippen molar-refractivity contribution >= 4 is 29.4 Å². The van der Waals surface area contributed by atoms with E-state index in [4.69, 9.17) is 42.3 Å². The van der Waals surface area contributed by atoms with Gasteiger partial charge in [0, 0.05) is 64.8 Å². The van der Waals surface area contributed by atoms with E-state index in [0.29, 0.717) is 32.4 Å². The number of halogens is 1. The lowest BCUT2D eigenvalue weighted by atomic mass is 9.42. The first-order valence-corrected chi connectivity index (χ1v) is 20.3. The Balaban J connectivity index is 0.000000905. The number of likely N-dealkylation sites (N-methyl/N-ethyl adjacent to an activating group) is 1. The summed E-state index contributed by atoms with van der Waals surface area (Å²) >= 11 is 0. The van der Waals surface area contributed by atoms with Crippen LogP contribution in [0.4, 0.5) is 5.69 Å². The SMILES string of the molecule is CC[NH+]1C[C@]2(COC(=O)c3ccccc3N3C(=O)CC(C)C3=O)CC[C@H](OC)C34[C@@H]5C[C@H]6[C@H](OC(C)=O)[C@@H]5[C@](O)(C[C@@H]6OC)[C@@](O)([C@H]13)[C@@H](OC)[C@@H]42.[O-][Cl+3]([O-])([O-])[O-]. The normalized spacial score (nSPS) is 44.3. The van der Waals surface area contributed by atoms with E-state index in [0.717, 1.165) is 9.80 Å². The van der Waals surface area contributed by atoms with Gasteiger partial charge in [-0.05, 0) is 44.2 Å². The van der Waals surface area contributed by atoms with Crippen LogP contribution < -0.4 is 28.4 Å². The van der Waals surface area contributed by atoms with Crippen LogP contribution in [0.2, 0.25) is 0 Å². The summed E-state index contributed by atoms with van der Waals surface area (Å²) in [7, 11) is -0.0687. The monoisotopic (exact) mass is 810 g/mol. The van der Waals surface area contributed by atoms with Gasteiger partial charge in [0.2, 0.25) is 11.8 Å². The van der Waals surface area contributed by atoms with Gasteiger partial charge in [-0.1, -0.05) is 19.1 Å². The zero-order valence-electron chi connectivity index (χ0n) is 32.3. The second-order valence-corrected chi connectivity index (χ2v) is 17.6. The molecule has 310 valence electrons. The molecule has 15 atom stereocenters. The van der Waals surface area contributed by atoms with Gasteiger partial charge in [-0.15, -0.1) is 10.2 Å². The summed E-state index contributed by atoms with van der Waals surface area (Å²) in [6.45, 7) is 6.33. The molecule has 5 aliphatic carbocycles. The molecule has 18 heteroatoms. The number of rotatable bonds is 9. The molecule has 3 unspecified atom stereocenters. The predicted octanol–water partition coefficient (Wildman–Crippen LogP) is -4.22. The van der Waals surface area contributed by atoms with E-state index in [1.54, 1.807) is 52.5 Å². The third kappa shape index (κ3) is 5.64. The van der Waals surface area contributed by atoms with Crippen molar-refractivity contribution in [3.63, 3.8) is 0 Å². The zero-order valence-corrected chi connectivity index (χ0v) is 33.0. The third-order valence-electron chi connectivity index (χ3n) is 14.8. The number of hydrogen-bond acceptors (Lipinski definition) is 15. The van der Waals surface area contributed by atoms with Crippen molar-refractivity contribution in [2.75, 3.05) is 45.9 Å². The van der Waals surface area contributed by atoms with Gasteiger partial charge in [0.05, 0.1) is 53.5 Å². The number of carbonyl (C=O) groups excluding carboxylic acids is 4. The fraction of sp³-hybridized carbons (Fsp3) is 0.737. The minimum Gasteiger partial charge on any atom is -0.462 e. The summed E-state index contributed by atoms with van der Waals surface area (Å²) in [5, 5.41) is 26.7. The molecule has 2 heterocycles. The number of aliphatic hydroxyl groups is 2. The van der Waals surface area contributed by atoms with Crippen LogP contribution in [-0.4, -0.2) is 117 Å². The number of amides is 2. The molecule has 2 aliphatic heterocycles. The number of fused-ring (bicyclic) bond motifs is 2. The Morgan fingerprint density at radius 1 is 1.05 bits per heavy atom. The molecule has 2 amide bonds. The molecule has 8 rings (SSSR count). The highest BCUT2D eigenvalue weighted by Gasteiger charge is 2.94. The van der Waals surface area contributed by atoms with Crippen LogP contribution in [0, 0.1) is 50.7 Å². The molecule has 7 aliphatic rings. The van der Waals surface area contributed by atoms with E-state index in [9.17, 15) is 29.4 Å². The number of para-hydroxylation sites is 1. The number of benzene rings is 1. The highest BCUT2D eigenvalue weighted by molar-refractivity contribution is 6.22. The molecule has 0 aromatic heterocycles. The molecule has 3 N–H and O–H groups in total. The van der Waals surface area contributed by atoms with Gasteiger partial charge < -0.3 is 38.8 Å². The number of nitrogens with zero attached hydrogens (tertiary/aromatic N) is 1. The number of methoxy groups -OCH3 is 3. The Hall–Kier alpha value is -2.81. The quantitative estimate of drug-likeness (QED) is 0.158. The number of ether oxygens (including phenoxy) is 5. The van der Waals surface area contributed by atoms with Crippen LogP contribution in [-0.2, 0) is 38.1 Å². The summed E-state index contributed by atoms with van der Waals surface area (Å²) in [5.74, 6) is -3.65. The van der Waals surface area contributed by atoms with Crippen molar-refractivity contribution in [2.45, 2.75) is 94.5 Å². The lowest BCUT2D eigenvalue weighted by Crippen LogP contribution is -3.23. The smallest absolute Gasteiger partial charge is 0.340 e. The molecule has 7 fully saturated rings. The number of carbonyl (C=O) groups is 4. The fourth-order valence-electron chi connectivity index (χ4n) is 13.4. The van der Waals surface area contributed by atoms with Gasteiger partial charge in [0.25, 0.3) is 0 Å². The summed E-state index contributed by atoms with van der Waals surface area (Å²) in [6.07, 6.45) is -0.179. The van der Waals surface area contributed by atoms with Gasteiger partial charge in [-0.2, -0.15) is 0 Å². The average molecular weight is 811 g/mol. The fourth-order valence-corrected chi connectivity index (χ4v) is 13.4. The number of anilines is 1. The summed E-state index contributed by atoms with van der Waals surface area (Å²) in [6, 6.07) is 6.05. The highest BCUT2D eigenvalue weighted by Crippen LogP contribution is 2.78. The van der Waals surface area contributed by atoms with E-state index in [2.05, 4.69) is 6.92 Å². The van der Waals surface area contributed by atoms with Crippen LogP contribution >= 0.6 is 0 Å². The third-order valence-corrected chi connectivity index (χ3v) is 14.8. The Labute approximate surface area is 326 Å². The Kier molecular flexibility index (Phi) is 10.5. The van der Waals surface area contributed by atoms with Gasteiger partial charge in [0.15, 0.2) is 5.60 Å². The lowest BCUT2D eigenvalue weighted by Gasteiger charge is -2.67. The molecule has 7 bridgehead atoms. The van der Waals surface area contributed by atoms with Gasteiger partial charge in [0.1, 0.15) is 24.4 Å². The van der Waals surface area contributed by atoms with Crippen LogP contribution in [0.25, 0.3) is 0 Å². The Bertz CT molecular complexity index is 1750. The van der Waals surface area contributed by atoms with E-state index in [-0.39, 0.29) is 66.4 Å². The van der Waals surface area contributed by atoms with Crippen LogP contribution in [0.15, 0.2) is 24.3 Å². The molecule has 2 saturated heterocycles. The first-order valence-electron chi connectivity index (χ1n) is 19.1. The lowest BCUT2D eigenvalue weighted by molar-refractivity contribution is -2.00. The molecule has 56 heavy (non-hydrogen) atoms. The summed E-state index contributed by atoms with van der Waals surface area (Å²) in [5.41, 5.74) is -4.58.